The molecule has 3 heteroatoms. The van der Waals surface area contributed by atoms with E-state index in [0.717, 1.165) is 29.9 Å². The third-order valence-corrected chi connectivity index (χ3v) is 3.78. The van der Waals surface area contributed by atoms with Gasteiger partial charge in [0.05, 0.1) is 11.0 Å². The van der Waals surface area contributed by atoms with Crippen LogP contribution in [0.15, 0.2) is 42.5 Å². The van der Waals surface area contributed by atoms with Crippen molar-refractivity contribution in [1.29, 1.82) is 0 Å². The van der Waals surface area contributed by atoms with Gasteiger partial charge in [0.25, 0.3) is 0 Å². The Morgan fingerprint density at radius 3 is 2.65 bits per heavy atom. The fourth-order valence-corrected chi connectivity index (χ4v) is 2.74. The molecule has 0 bridgehead atoms. The van der Waals surface area contributed by atoms with Gasteiger partial charge in [-0.1, -0.05) is 24.3 Å². The summed E-state index contributed by atoms with van der Waals surface area (Å²) in [6.45, 7) is 2.13. The Labute approximate surface area is 119 Å². The van der Waals surface area contributed by atoms with E-state index in [4.69, 9.17) is 10.7 Å². The van der Waals surface area contributed by atoms with Crippen LogP contribution in [0.1, 0.15) is 17.0 Å². The lowest BCUT2D eigenvalue weighted by Crippen LogP contribution is -2.01. The van der Waals surface area contributed by atoms with Crippen LogP contribution in [0.2, 0.25) is 0 Å². The minimum absolute atomic E-state index is 0.823. The van der Waals surface area contributed by atoms with Gasteiger partial charge < -0.3 is 10.3 Å². The van der Waals surface area contributed by atoms with Crippen LogP contribution < -0.4 is 5.73 Å². The van der Waals surface area contributed by atoms with E-state index in [1.807, 2.05) is 18.2 Å². The van der Waals surface area contributed by atoms with Crippen LogP contribution in [-0.2, 0) is 19.9 Å². The van der Waals surface area contributed by atoms with Crippen molar-refractivity contribution in [2.45, 2.75) is 19.8 Å². The molecule has 0 aliphatic heterocycles. The van der Waals surface area contributed by atoms with Crippen molar-refractivity contribution in [2.75, 3.05) is 5.73 Å². The van der Waals surface area contributed by atoms with E-state index in [9.17, 15) is 0 Å². The van der Waals surface area contributed by atoms with Crippen molar-refractivity contribution in [1.82, 2.24) is 9.55 Å². The van der Waals surface area contributed by atoms with Crippen LogP contribution in [0.4, 0.5) is 5.69 Å². The molecule has 102 valence electrons. The van der Waals surface area contributed by atoms with E-state index in [1.54, 1.807) is 0 Å². The van der Waals surface area contributed by atoms with Crippen molar-refractivity contribution in [3.63, 3.8) is 0 Å². The van der Waals surface area contributed by atoms with Crippen molar-refractivity contribution >= 4 is 16.7 Å². The highest BCUT2D eigenvalue weighted by Gasteiger charge is 2.09. The van der Waals surface area contributed by atoms with Crippen LogP contribution >= 0.6 is 0 Å². The average molecular weight is 265 g/mol. The fraction of sp³-hybridized carbons (Fsp3) is 0.235. The summed E-state index contributed by atoms with van der Waals surface area (Å²) in [7, 11) is 2.09. The van der Waals surface area contributed by atoms with Crippen LogP contribution in [0.3, 0.4) is 0 Å². The molecule has 0 saturated carbocycles. The Bertz CT molecular complexity index is 756. The molecule has 0 radical (unpaired) electrons. The summed E-state index contributed by atoms with van der Waals surface area (Å²) in [5.74, 6) is 1.12. The van der Waals surface area contributed by atoms with Crippen LogP contribution in [0.5, 0.6) is 0 Å². The number of para-hydroxylation sites is 1. The number of hydrogen-bond donors (Lipinski definition) is 1. The fourth-order valence-electron chi connectivity index (χ4n) is 2.74. The SMILES string of the molecule is Cc1cccc2nc(CCc3cccc(N)c3)n(C)c12. The molecule has 3 aromatic rings. The van der Waals surface area contributed by atoms with Gasteiger partial charge in [0.1, 0.15) is 5.82 Å². The molecule has 20 heavy (non-hydrogen) atoms. The monoisotopic (exact) mass is 265 g/mol. The predicted octanol–water partition coefficient (Wildman–Crippen LogP) is 3.25. The summed E-state index contributed by atoms with van der Waals surface area (Å²) in [4.78, 5) is 4.74. The number of aryl methyl sites for hydroxylation is 4. The molecule has 2 aromatic carbocycles. The molecule has 3 rings (SSSR count). The Balaban J connectivity index is 1.88. The number of aromatic nitrogens is 2. The zero-order chi connectivity index (χ0) is 14.1. The third-order valence-electron chi connectivity index (χ3n) is 3.78. The summed E-state index contributed by atoms with van der Waals surface area (Å²) in [6.07, 6.45) is 1.88. The van der Waals surface area contributed by atoms with Gasteiger partial charge in [-0.3, -0.25) is 0 Å². The zero-order valence-corrected chi connectivity index (χ0v) is 11.9. The molecule has 3 nitrogen and oxygen atoms in total. The van der Waals surface area contributed by atoms with Crippen LogP contribution in [0, 0.1) is 6.92 Å². The van der Waals surface area contributed by atoms with Gasteiger partial charge >= 0.3 is 0 Å². The number of nitrogens with two attached hydrogens (primary N) is 1. The molecule has 2 N–H and O–H groups in total. The maximum Gasteiger partial charge on any atom is 0.109 e. The number of hydrogen-bond acceptors (Lipinski definition) is 2. The Morgan fingerprint density at radius 1 is 1.10 bits per heavy atom. The smallest absolute Gasteiger partial charge is 0.109 e. The van der Waals surface area contributed by atoms with Crippen molar-refractivity contribution in [2.24, 2.45) is 7.05 Å². The van der Waals surface area contributed by atoms with E-state index < -0.39 is 0 Å². The van der Waals surface area contributed by atoms with Gasteiger partial charge in [0.2, 0.25) is 0 Å². The lowest BCUT2D eigenvalue weighted by atomic mass is 10.1. The number of nitrogens with zero attached hydrogens (tertiary/aromatic N) is 2. The van der Waals surface area contributed by atoms with Crippen LogP contribution in [-0.4, -0.2) is 9.55 Å². The largest absolute Gasteiger partial charge is 0.399 e. The van der Waals surface area contributed by atoms with E-state index in [-0.39, 0.29) is 0 Å². The molecule has 0 saturated heterocycles. The number of anilines is 1. The lowest BCUT2D eigenvalue weighted by Gasteiger charge is -2.05. The first-order chi connectivity index (χ1) is 9.65. The number of benzene rings is 2. The standard InChI is InChI=1S/C17H19N3/c1-12-5-3-8-15-17(12)20(2)16(19-15)10-9-13-6-4-7-14(18)11-13/h3-8,11H,9-10,18H2,1-2H3. The average Bonchev–Trinajstić information content (AvgIpc) is 2.75. The normalized spacial score (nSPS) is 11.1. The Kier molecular flexibility index (Phi) is 3.18. The quantitative estimate of drug-likeness (QED) is 0.739. The number of nitrogen functional groups attached to an aromatic ring is 1. The second kappa shape index (κ2) is 5.00. The van der Waals surface area contributed by atoms with Crippen molar-refractivity contribution in [3.8, 4) is 0 Å². The maximum atomic E-state index is 5.82. The highest BCUT2D eigenvalue weighted by Crippen LogP contribution is 2.20. The van der Waals surface area contributed by atoms with Gasteiger partial charge in [0.15, 0.2) is 0 Å². The molecule has 0 fully saturated rings. The number of fused-ring (bicyclic) bond motifs is 1. The molecule has 1 heterocycles. The second-order valence-corrected chi connectivity index (χ2v) is 5.27. The molecular formula is C17H19N3. The first-order valence-electron chi connectivity index (χ1n) is 6.90. The summed E-state index contributed by atoms with van der Waals surface area (Å²) in [5, 5.41) is 0. The minimum Gasteiger partial charge on any atom is -0.399 e. The molecule has 1 aromatic heterocycles. The summed E-state index contributed by atoms with van der Waals surface area (Å²) in [6, 6.07) is 14.3. The van der Waals surface area contributed by atoms with Crippen molar-refractivity contribution < 1.29 is 0 Å². The van der Waals surface area contributed by atoms with Crippen LogP contribution in [0.25, 0.3) is 11.0 Å². The Morgan fingerprint density at radius 2 is 1.90 bits per heavy atom. The summed E-state index contributed by atoms with van der Waals surface area (Å²) < 4.78 is 2.21. The van der Waals surface area contributed by atoms with E-state index in [0.29, 0.717) is 0 Å². The molecule has 0 atom stereocenters. The number of imidazole rings is 1. The van der Waals surface area contributed by atoms with Gasteiger partial charge in [-0.15, -0.1) is 0 Å². The molecule has 0 unspecified atom stereocenters. The first-order valence-corrected chi connectivity index (χ1v) is 6.90. The predicted molar refractivity (Wildman–Crippen MR) is 83.7 cm³/mol. The Hall–Kier alpha value is -2.29. The second-order valence-electron chi connectivity index (χ2n) is 5.27. The third kappa shape index (κ3) is 2.27. The number of rotatable bonds is 3. The lowest BCUT2D eigenvalue weighted by molar-refractivity contribution is 0.786. The molecule has 0 aliphatic carbocycles. The molecule has 0 spiro atoms. The molecule has 0 amide bonds. The van der Waals surface area contributed by atoms with E-state index >= 15 is 0 Å². The van der Waals surface area contributed by atoms with Gasteiger partial charge in [0, 0.05) is 19.2 Å². The topological polar surface area (TPSA) is 43.8 Å². The summed E-state index contributed by atoms with van der Waals surface area (Å²) in [5.41, 5.74) is 11.5. The highest BCUT2D eigenvalue weighted by atomic mass is 15.1. The van der Waals surface area contributed by atoms with E-state index in [1.165, 1.54) is 16.6 Å². The minimum atomic E-state index is 0.823. The van der Waals surface area contributed by atoms with Gasteiger partial charge in [-0.2, -0.15) is 0 Å². The molecular weight excluding hydrogens is 246 g/mol. The van der Waals surface area contributed by atoms with Gasteiger partial charge in [-0.05, 0) is 42.7 Å². The highest BCUT2D eigenvalue weighted by molar-refractivity contribution is 5.79. The zero-order valence-electron chi connectivity index (χ0n) is 11.9. The van der Waals surface area contributed by atoms with Gasteiger partial charge in [-0.25, -0.2) is 4.98 Å². The molecule has 0 aliphatic rings. The maximum absolute atomic E-state index is 5.82. The summed E-state index contributed by atoms with van der Waals surface area (Å²) >= 11 is 0. The van der Waals surface area contributed by atoms with E-state index in [2.05, 4.69) is 42.8 Å². The van der Waals surface area contributed by atoms with Crippen molar-refractivity contribution in [3.05, 3.63) is 59.4 Å². The first kappa shape index (κ1) is 12.7.